The van der Waals surface area contributed by atoms with Gasteiger partial charge in [0.2, 0.25) is 36.2 Å². The molecule has 0 N–H and O–H groups in total. The molecule has 12 saturated heterocycles. The van der Waals surface area contributed by atoms with Crippen LogP contribution in [0.2, 0.25) is 0 Å². The zero-order valence-electron chi connectivity index (χ0n) is 50.7. The van der Waals surface area contributed by atoms with Gasteiger partial charge >= 0.3 is 17.9 Å². The standard InChI is InChI=1S/C22H34O7.C20H32O6.C19H30O6/c1-12(2)17(23)8-9-18(24)25-19-14(4)16-7-6-13(3)15-10-11-21(5)27-20(26-19)22(15,16)29-28-21;1-11(2)15(21)22-16-13(4)18(5)9-7-12(3)14-8-10-19(6)24-17(23-16)20(14,18)26-25-19;1-10(2)15(20)21-16-12(4)14-7-6-11(3)13-8-9-18(5)23-17(22-16)19(13,14)25-24-18/h12-16,19-20H,6-11H2,1-5H3;11-14,16-17H,7-10H2,1-6H3;10-14,16-17H,6-9H2,1-5H3/t13-,14-,15+,16+,19-,20-,21+,22-;12-,13+,14+,16?,17-,18+,19+,20+;11-,12-,13+,14+,16-,17-,18+,19-/m111/s1. The summed E-state index contributed by atoms with van der Waals surface area (Å²) < 4.78 is 54.6. The molecule has 0 radical (unpaired) electrons. The molecule has 12 aliphatic heterocycles. The van der Waals surface area contributed by atoms with E-state index < -0.39 is 77.9 Å². The maximum Gasteiger partial charge on any atom is 0.310 e. The van der Waals surface area contributed by atoms with Crippen molar-refractivity contribution in [1.29, 1.82) is 0 Å². The molecule has 0 amide bonds. The van der Waals surface area contributed by atoms with Gasteiger partial charge in [0, 0.05) is 66.6 Å². The molecule has 15 rings (SSSR count). The summed E-state index contributed by atoms with van der Waals surface area (Å²) >= 11 is 0. The third-order valence-electron chi connectivity index (χ3n) is 22.0. The molecule has 19 heteroatoms. The lowest BCUT2D eigenvalue weighted by Crippen LogP contribution is -2.74. The zero-order chi connectivity index (χ0) is 57.9. The smallest absolute Gasteiger partial charge is 0.310 e. The highest BCUT2D eigenvalue weighted by atomic mass is 17.3. The molecule has 80 heavy (non-hydrogen) atoms. The second-order valence-corrected chi connectivity index (χ2v) is 28.3. The average Bonchev–Trinajstić information content (AvgIpc) is 3.98. The van der Waals surface area contributed by atoms with Crippen molar-refractivity contribution in [2.45, 2.75) is 273 Å². The van der Waals surface area contributed by atoms with Crippen LogP contribution in [-0.2, 0) is 91.1 Å². The van der Waals surface area contributed by atoms with E-state index in [2.05, 4.69) is 41.5 Å². The maximum absolute atomic E-state index is 12.4. The zero-order valence-corrected chi connectivity index (χ0v) is 50.7. The Labute approximate surface area is 474 Å². The number of carbonyl (C=O) groups excluding carboxylic acids is 4. The normalized spacial score (nSPS) is 50.2. The van der Waals surface area contributed by atoms with E-state index >= 15 is 0 Å². The summed E-state index contributed by atoms with van der Waals surface area (Å²) in [7, 11) is 0. The number of esters is 3. The van der Waals surface area contributed by atoms with Crippen molar-refractivity contribution < 1.29 is 91.1 Å². The number of carbonyl (C=O) groups is 4. The van der Waals surface area contributed by atoms with Crippen LogP contribution in [0.4, 0.5) is 0 Å². The van der Waals surface area contributed by atoms with E-state index in [1.807, 2.05) is 69.2 Å². The Kier molecular flexibility index (Phi) is 16.8. The lowest BCUT2D eigenvalue weighted by atomic mass is 9.50. The van der Waals surface area contributed by atoms with Gasteiger partial charge < -0.3 is 42.6 Å². The number of ketones is 1. The first kappa shape index (κ1) is 60.7. The topological polar surface area (TPSA) is 207 Å². The van der Waals surface area contributed by atoms with Crippen LogP contribution in [0.25, 0.3) is 0 Å². The largest absolute Gasteiger partial charge is 0.435 e. The highest BCUT2D eigenvalue weighted by molar-refractivity contribution is 5.84. The summed E-state index contributed by atoms with van der Waals surface area (Å²) in [6.07, 6.45) is 8.02. The Bertz CT molecular complexity index is 2300. The molecule has 1 unspecified atom stereocenters. The second kappa shape index (κ2) is 22.1. The summed E-state index contributed by atoms with van der Waals surface area (Å²) in [4.78, 5) is 84.3. The first-order valence-corrected chi connectivity index (χ1v) is 30.8. The second-order valence-electron chi connectivity index (χ2n) is 28.3. The van der Waals surface area contributed by atoms with Gasteiger partial charge in [0.1, 0.15) is 5.78 Å². The molecule has 6 bridgehead atoms. The predicted octanol–water partition coefficient (Wildman–Crippen LogP) is 10.9. The molecular weight excluding hydrogens is 1040 g/mol. The van der Waals surface area contributed by atoms with E-state index in [9.17, 15) is 19.2 Å². The molecule has 19 nitrogen and oxygen atoms in total. The van der Waals surface area contributed by atoms with Crippen LogP contribution in [0.15, 0.2) is 0 Å². The Hall–Kier alpha value is -2.40. The molecule has 15 fully saturated rings. The Morgan fingerprint density at radius 2 is 0.863 bits per heavy atom. The van der Waals surface area contributed by atoms with E-state index in [0.717, 1.165) is 77.0 Å². The molecule has 0 aromatic carbocycles. The first-order chi connectivity index (χ1) is 37.6. The number of rotatable bonds is 9. The van der Waals surface area contributed by atoms with Gasteiger partial charge in [-0.05, 0) is 114 Å². The van der Waals surface area contributed by atoms with Crippen LogP contribution < -0.4 is 0 Å². The van der Waals surface area contributed by atoms with Gasteiger partial charge in [0.25, 0.3) is 0 Å². The van der Waals surface area contributed by atoms with Crippen LogP contribution in [0.1, 0.15) is 201 Å². The van der Waals surface area contributed by atoms with Gasteiger partial charge in [-0.1, -0.05) is 90.0 Å². The Morgan fingerprint density at radius 1 is 0.438 bits per heavy atom. The highest BCUT2D eigenvalue weighted by Crippen LogP contribution is 2.67. The van der Waals surface area contributed by atoms with Crippen molar-refractivity contribution in [2.24, 2.45) is 88.3 Å². The van der Waals surface area contributed by atoms with E-state index in [-0.39, 0.29) is 89.2 Å². The molecule has 3 aliphatic carbocycles. The van der Waals surface area contributed by atoms with Gasteiger partial charge in [-0.3, -0.25) is 19.2 Å². The molecule has 0 aromatic rings. The summed E-state index contributed by atoms with van der Waals surface area (Å²) in [5.74, 6) is -1.12. The molecule has 0 aromatic heterocycles. The minimum atomic E-state index is -0.851. The van der Waals surface area contributed by atoms with E-state index in [1.54, 1.807) is 0 Å². The minimum Gasteiger partial charge on any atom is -0.435 e. The molecule has 454 valence electrons. The molecule has 12 heterocycles. The van der Waals surface area contributed by atoms with Crippen molar-refractivity contribution in [3.63, 3.8) is 0 Å². The van der Waals surface area contributed by atoms with Gasteiger partial charge in [0.15, 0.2) is 35.7 Å². The van der Waals surface area contributed by atoms with Crippen LogP contribution in [0.5, 0.6) is 0 Å². The first-order valence-electron chi connectivity index (χ1n) is 30.8. The number of hydrogen-bond donors (Lipinski definition) is 0. The number of hydrogen-bond acceptors (Lipinski definition) is 19. The van der Waals surface area contributed by atoms with Crippen molar-refractivity contribution in [1.82, 2.24) is 0 Å². The van der Waals surface area contributed by atoms with Crippen LogP contribution in [0, 0.1) is 88.3 Å². The minimum absolute atomic E-state index is 0.0221. The quantitative estimate of drug-likeness (QED) is 0.119. The van der Waals surface area contributed by atoms with E-state index in [0.29, 0.717) is 29.6 Å². The Balaban J connectivity index is 0.000000135. The van der Waals surface area contributed by atoms with Crippen LogP contribution >= 0.6 is 0 Å². The number of Topliss-reactive ketones (excluding diaryl/α,β-unsaturated/α-hetero) is 1. The number of fused-ring (bicyclic) bond motifs is 6. The fourth-order valence-corrected chi connectivity index (χ4v) is 16.5. The van der Waals surface area contributed by atoms with Gasteiger partial charge in [-0.2, -0.15) is 0 Å². The van der Waals surface area contributed by atoms with E-state index in [1.165, 1.54) is 0 Å². The Morgan fingerprint density at radius 3 is 1.35 bits per heavy atom. The molecular formula is C61H96O19. The summed E-state index contributed by atoms with van der Waals surface area (Å²) in [5.41, 5.74) is -2.20. The lowest BCUT2D eigenvalue weighted by molar-refractivity contribution is -0.586. The lowest BCUT2D eigenvalue weighted by Gasteiger charge is -2.65. The van der Waals surface area contributed by atoms with Crippen molar-refractivity contribution in [2.75, 3.05) is 0 Å². The summed E-state index contributed by atoms with van der Waals surface area (Å²) in [5, 5.41) is 0. The van der Waals surface area contributed by atoms with Crippen LogP contribution in [-0.4, -0.2) is 95.6 Å². The molecule has 24 atom stereocenters. The fourth-order valence-electron chi connectivity index (χ4n) is 16.5. The highest BCUT2D eigenvalue weighted by Gasteiger charge is 2.76. The van der Waals surface area contributed by atoms with Gasteiger partial charge in [-0.15, -0.1) is 0 Å². The predicted molar refractivity (Wildman–Crippen MR) is 282 cm³/mol. The van der Waals surface area contributed by atoms with Gasteiger partial charge in [-0.25, -0.2) is 29.3 Å². The fraction of sp³-hybridized carbons (Fsp3) is 0.934. The van der Waals surface area contributed by atoms with Crippen molar-refractivity contribution in [3.8, 4) is 0 Å². The van der Waals surface area contributed by atoms with Crippen LogP contribution in [0.3, 0.4) is 0 Å². The third kappa shape index (κ3) is 10.1. The number of ether oxygens (including phenoxy) is 9. The maximum atomic E-state index is 12.4. The van der Waals surface area contributed by atoms with E-state index in [4.69, 9.17) is 72.0 Å². The summed E-state index contributed by atoms with van der Waals surface area (Å²) in [6, 6.07) is 0. The third-order valence-corrected chi connectivity index (χ3v) is 22.0. The average molecular weight is 1130 g/mol. The van der Waals surface area contributed by atoms with Crippen molar-refractivity contribution >= 4 is 23.7 Å². The SMILES string of the molecule is CC(C)C(=O)CCC(=O)O[C@@H]1O[C@@H]2O[C@]3(C)CC[C@H]4[C@H](C)CC[C@@H]([C@H]1C)[C@@]24OO3.CC(C)C(=O)OC1O[C@@H]2O[C@]3(C)CC[C@H]4[C@H](C)CC[C@@](C)([C@H]1C)[C@@]24OO3.CC(C)C(=O)O[C@@H]1O[C@@H]2O[C@]3(C)CC[C@H]4[C@H](C)CC[C@@H]([C@H]1C)[C@@]24OO3. The monoisotopic (exact) mass is 1130 g/mol. The summed E-state index contributed by atoms with van der Waals surface area (Å²) in [6.45, 7) is 31.9. The molecule has 3 saturated carbocycles. The van der Waals surface area contributed by atoms with Crippen molar-refractivity contribution in [3.05, 3.63) is 0 Å². The molecule has 3 spiro atoms. The van der Waals surface area contributed by atoms with Gasteiger partial charge in [0.05, 0.1) is 18.3 Å². The molecule has 15 aliphatic rings.